The van der Waals surface area contributed by atoms with Crippen molar-refractivity contribution in [3.05, 3.63) is 27.6 Å². The van der Waals surface area contributed by atoms with Crippen LogP contribution in [0.2, 0.25) is 5.02 Å². The van der Waals surface area contributed by atoms with Crippen molar-refractivity contribution in [2.45, 2.75) is 32.9 Å². The number of carbonyl (C=O) groups excluding carboxylic acids is 1. The fourth-order valence-corrected chi connectivity index (χ4v) is 2.83. The van der Waals surface area contributed by atoms with Gasteiger partial charge < -0.3 is 14.6 Å². The Kier molecular flexibility index (Phi) is 6.21. The van der Waals surface area contributed by atoms with E-state index in [1.54, 1.807) is 13.2 Å². The summed E-state index contributed by atoms with van der Waals surface area (Å²) in [6.07, 6.45) is 2.97. The van der Waals surface area contributed by atoms with Crippen molar-refractivity contribution in [1.82, 2.24) is 9.88 Å². The molecule has 6 nitrogen and oxygen atoms in total. The first-order valence-corrected chi connectivity index (χ1v) is 8.28. The van der Waals surface area contributed by atoms with Crippen molar-refractivity contribution in [1.29, 1.82) is 0 Å². The molecule has 1 aliphatic rings. The van der Waals surface area contributed by atoms with Crippen molar-refractivity contribution in [2.75, 3.05) is 18.5 Å². The van der Waals surface area contributed by atoms with Gasteiger partial charge in [-0.1, -0.05) is 25.4 Å². The predicted octanol–water partition coefficient (Wildman–Crippen LogP) is 1.98. The van der Waals surface area contributed by atoms with Gasteiger partial charge in [0.25, 0.3) is 5.56 Å². The van der Waals surface area contributed by atoms with Gasteiger partial charge in [-0.25, -0.2) is 0 Å². The van der Waals surface area contributed by atoms with E-state index in [0.717, 1.165) is 19.4 Å². The monoisotopic (exact) mass is 341 g/mol. The molecule has 1 fully saturated rings. The number of piperidine rings is 1. The van der Waals surface area contributed by atoms with Crippen molar-refractivity contribution in [3.8, 4) is 0 Å². The number of rotatable bonds is 5. The summed E-state index contributed by atoms with van der Waals surface area (Å²) in [5, 5.41) is 6.18. The molecule has 0 radical (unpaired) electrons. The van der Waals surface area contributed by atoms with Crippen LogP contribution in [0.4, 0.5) is 5.69 Å². The van der Waals surface area contributed by atoms with Gasteiger partial charge in [0, 0.05) is 13.2 Å². The minimum absolute atomic E-state index is 0.0830. The lowest BCUT2D eigenvalue weighted by atomic mass is 9.96. The highest BCUT2D eigenvalue weighted by Gasteiger charge is 2.31. The fourth-order valence-electron chi connectivity index (χ4n) is 2.57. The van der Waals surface area contributed by atoms with Crippen LogP contribution in [0.5, 0.6) is 0 Å². The molecule has 0 aliphatic carbocycles. The van der Waals surface area contributed by atoms with Crippen molar-refractivity contribution < 1.29 is 9.53 Å². The molecule has 2 unspecified atom stereocenters. The molecule has 23 heavy (non-hydrogen) atoms. The average molecular weight is 342 g/mol. The third kappa shape index (κ3) is 4.80. The van der Waals surface area contributed by atoms with Crippen molar-refractivity contribution in [2.24, 2.45) is 18.9 Å². The molecule has 0 spiro atoms. The Morgan fingerprint density at radius 2 is 2.30 bits per heavy atom. The smallest absolute Gasteiger partial charge is 0.269 e. The van der Waals surface area contributed by atoms with E-state index in [1.807, 2.05) is 0 Å². The van der Waals surface area contributed by atoms with Crippen LogP contribution in [0.25, 0.3) is 0 Å². The maximum Gasteiger partial charge on any atom is 0.269 e. The van der Waals surface area contributed by atoms with Crippen molar-refractivity contribution in [3.63, 3.8) is 0 Å². The van der Waals surface area contributed by atoms with E-state index in [9.17, 15) is 9.59 Å². The minimum atomic E-state index is -0.290. The van der Waals surface area contributed by atoms with E-state index in [0.29, 0.717) is 18.2 Å². The first-order valence-electron chi connectivity index (χ1n) is 7.90. The summed E-state index contributed by atoms with van der Waals surface area (Å²) < 4.78 is 7.18. The number of amides is 1. The first-order chi connectivity index (χ1) is 10.9. The maximum absolute atomic E-state index is 12.6. The normalized spacial score (nSPS) is 21.4. The van der Waals surface area contributed by atoms with Gasteiger partial charge in [0.05, 0.1) is 18.2 Å². The van der Waals surface area contributed by atoms with Crippen LogP contribution in [-0.4, -0.2) is 29.9 Å². The van der Waals surface area contributed by atoms with Gasteiger partial charge in [0.15, 0.2) is 0 Å². The third-order valence-corrected chi connectivity index (χ3v) is 4.03. The van der Waals surface area contributed by atoms with Crippen LogP contribution in [0.3, 0.4) is 0 Å². The maximum atomic E-state index is 12.6. The lowest BCUT2D eigenvalue weighted by Gasteiger charge is -2.32. The number of hydrogen-bond acceptors (Lipinski definition) is 4. The van der Waals surface area contributed by atoms with Crippen LogP contribution in [0.15, 0.2) is 17.1 Å². The van der Waals surface area contributed by atoms with E-state index in [2.05, 4.69) is 24.5 Å². The molecule has 1 amide bonds. The molecule has 0 saturated carbocycles. The number of nitrogens with zero attached hydrogens (tertiary/aromatic N) is 1. The zero-order valence-corrected chi connectivity index (χ0v) is 14.5. The predicted molar refractivity (Wildman–Crippen MR) is 90.6 cm³/mol. The van der Waals surface area contributed by atoms with E-state index in [1.165, 1.54) is 10.6 Å². The van der Waals surface area contributed by atoms with Gasteiger partial charge in [0.2, 0.25) is 5.91 Å². The quantitative estimate of drug-likeness (QED) is 0.859. The highest BCUT2D eigenvalue weighted by atomic mass is 35.5. The lowest BCUT2D eigenvalue weighted by Crippen LogP contribution is -2.48. The Balaban J connectivity index is 2.06. The minimum Gasteiger partial charge on any atom is -0.362 e. The molecular formula is C16H24ClN3O3. The van der Waals surface area contributed by atoms with Gasteiger partial charge in [-0.05, 0) is 31.4 Å². The summed E-state index contributed by atoms with van der Waals surface area (Å²) in [5.41, 5.74) is 0.220. The van der Waals surface area contributed by atoms with Gasteiger partial charge in [-0.2, -0.15) is 0 Å². The summed E-state index contributed by atoms with van der Waals surface area (Å²) >= 11 is 5.88. The van der Waals surface area contributed by atoms with Crippen LogP contribution in [0.1, 0.15) is 26.7 Å². The largest absolute Gasteiger partial charge is 0.362 e. The summed E-state index contributed by atoms with van der Waals surface area (Å²) in [6.45, 7) is 5.60. The Hall–Kier alpha value is -1.37. The van der Waals surface area contributed by atoms with Gasteiger partial charge in [0.1, 0.15) is 11.3 Å². The number of anilines is 1. The van der Waals surface area contributed by atoms with Crippen LogP contribution < -0.4 is 16.2 Å². The fraction of sp³-hybridized carbons (Fsp3) is 0.625. The molecule has 2 N–H and O–H groups in total. The number of nitrogens with one attached hydrogen (secondary N) is 2. The number of hydrogen-bond donors (Lipinski definition) is 2. The molecule has 0 bridgehead atoms. The van der Waals surface area contributed by atoms with E-state index < -0.39 is 0 Å². The molecule has 7 heteroatoms. The highest BCUT2D eigenvalue weighted by molar-refractivity contribution is 6.30. The topological polar surface area (TPSA) is 72.4 Å². The van der Waals surface area contributed by atoms with Crippen LogP contribution in [0, 0.1) is 11.8 Å². The summed E-state index contributed by atoms with van der Waals surface area (Å²) in [7, 11) is 1.60. The van der Waals surface area contributed by atoms with Crippen LogP contribution in [-0.2, 0) is 16.6 Å². The highest BCUT2D eigenvalue weighted by Crippen LogP contribution is 2.21. The van der Waals surface area contributed by atoms with Gasteiger partial charge in [-0.15, -0.1) is 0 Å². The summed E-state index contributed by atoms with van der Waals surface area (Å²) in [6, 6.07) is 1.47. The molecule has 1 aromatic heterocycles. The molecular weight excluding hydrogens is 318 g/mol. The number of carbonyl (C=O) groups is 1. The summed E-state index contributed by atoms with van der Waals surface area (Å²) in [4.78, 5) is 24.2. The second kappa shape index (κ2) is 7.95. The molecule has 1 saturated heterocycles. The van der Waals surface area contributed by atoms with E-state index >= 15 is 0 Å². The van der Waals surface area contributed by atoms with Crippen LogP contribution >= 0.6 is 11.6 Å². The zero-order valence-electron chi connectivity index (χ0n) is 13.8. The second-order valence-corrected chi connectivity index (χ2v) is 6.74. The standard InChI is InChI=1S/C16H24ClN3O3/c1-10(2)9-23-15-12(5-4-6-18-15)14(21)19-11-7-13(17)16(22)20(3)8-11/h7-8,10,12,15,18H,4-6,9H2,1-3H3,(H,19,21). The Labute approximate surface area is 141 Å². The van der Waals surface area contributed by atoms with E-state index in [-0.39, 0.29) is 28.6 Å². The molecule has 1 aliphatic heterocycles. The molecule has 0 aromatic carbocycles. The molecule has 2 atom stereocenters. The number of pyridine rings is 1. The Morgan fingerprint density at radius 1 is 1.57 bits per heavy atom. The Bertz CT molecular complexity index is 589. The first kappa shape index (κ1) is 18.0. The number of aromatic nitrogens is 1. The molecule has 2 heterocycles. The number of ether oxygens (including phenoxy) is 1. The Morgan fingerprint density at radius 3 is 2.96 bits per heavy atom. The molecule has 128 valence electrons. The average Bonchev–Trinajstić information content (AvgIpc) is 2.50. The molecule has 1 aromatic rings. The number of aryl methyl sites for hydroxylation is 1. The van der Waals surface area contributed by atoms with Crippen molar-refractivity contribution >= 4 is 23.2 Å². The van der Waals surface area contributed by atoms with Gasteiger partial charge >= 0.3 is 0 Å². The molecule has 2 rings (SSSR count). The third-order valence-electron chi connectivity index (χ3n) is 3.76. The zero-order chi connectivity index (χ0) is 17.0. The SMILES string of the molecule is CC(C)COC1NCCCC1C(=O)Nc1cc(Cl)c(=O)n(C)c1. The van der Waals surface area contributed by atoms with Gasteiger partial charge in [-0.3, -0.25) is 14.9 Å². The number of halogens is 1. The van der Waals surface area contributed by atoms with E-state index in [4.69, 9.17) is 16.3 Å². The second-order valence-electron chi connectivity index (χ2n) is 6.33. The lowest BCUT2D eigenvalue weighted by molar-refractivity contribution is -0.129. The summed E-state index contributed by atoms with van der Waals surface area (Å²) in [5.74, 6) is 0.0177.